The van der Waals surface area contributed by atoms with E-state index in [-0.39, 0.29) is 11.7 Å². The van der Waals surface area contributed by atoms with Gasteiger partial charge in [0.15, 0.2) is 0 Å². The van der Waals surface area contributed by atoms with Crippen molar-refractivity contribution in [1.29, 1.82) is 0 Å². The van der Waals surface area contributed by atoms with Crippen molar-refractivity contribution in [1.82, 2.24) is 5.16 Å². The van der Waals surface area contributed by atoms with Crippen LogP contribution in [0.15, 0.2) is 34.9 Å². The molecule has 0 saturated heterocycles. The zero-order valence-corrected chi connectivity index (χ0v) is 11.9. The van der Waals surface area contributed by atoms with Crippen molar-refractivity contribution >= 4 is 17.2 Å². The summed E-state index contributed by atoms with van der Waals surface area (Å²) in [7, 11) is 0. The third-order valence-electron chi connectivity index (χ3n) is 3.26. The maximum Gasteiger partial charge on any atom is 0.230 e. The van der Waals surface area contributed by atoms with E-state index in [1.807, 2.05) is 19.9 Å². The highest BCUT2D eigenvalue weighted by molar-refractivity contribution is 7.15. The van der Waals surface area contributed by atoms with Gasteiger partial charge in [-0.3, -0.25) is 0 Å². The minimum absolute atomic E-state index is 0.133. The highest BCUT2D eigenvalue weighted by Gasteiger charge is 2.21. The van der Waals surface area contributed by atoms with Gasteiger partial charge in [0.25, 0.3) is 0 Å². The first-order valence-corrected chi connectivity index (χ1v) is 6.97. The van der Waals surface area contributed by atoms with Crippen molar-refractivity contribution in [2.45, 2.75) is 13.8 Å². The summed E-state index contributed by atoms with van der Waals surface area (Å²) >= 11 is 1.59. The molecule has 2 aromatic heterocycles. The van der Waals surface area contributed by atoms with E-state index < -0.39 is 0 Å². The van der Waals surface area contributed by atoms with Crippen LogP contribution in [0.25, 0.3) is 21.7 Å². The molecule has 20 heavy (non-hydrogen) atoms. The van der Waals surface area contributed by atoms with Crippen molar-refractivity contribution in [2.24, 2.45) is 0 Å². The Morgan fingerprint density at radius 2 is 2.00 bits per heavy atom. The fourth-order valence-electron chi connectivity index (χ4n) is 2.09. The number of rotatable bonds is 2. The van der Waals surface area contributed by atoms with E-state index in [1.165, 1.54) is 16.5 Å². The Balaban J connectivity index is 2.23. The molecule has 0 bridgehead atoms. The molecule has 0 spiro atoms. The Bertz CT molecular complexity index is 757. The summed E-state index contributed by atoms with van der Waals surface area (Å²) < 4.78 is 19.1. The van der Waals surface area contributed by atoms with Crippen LogP contribution in [0.5, 0.6) is 0 Å². The predicted octanol–water partition coefficient (Wildman–Crippen LogP) is 4.41. The molecule has 0 unspecified atom stereocenters. The molecule has 5 heteroatoms. The zero-order chi connectivity index (χ0) is 14.3. The lowest BCUT2D eigenvalue weighted by Crippen LogP contribution is -1.89. The SMILES string of the molecule is Cc1cc(-c2noc(N)c2-c2ccccc2F)sc1C. The van der Waals surface area contributed by atoms with Gasteiger partial charge in [-0.15, -0.1) is 11.3 Å². The van der Waals surface area contributed by atoms with Gasteiger partial charge >= 0.3 is 0 Å². The Morgan fingerprint density at radius 1 is 1.25 bits per heavy atom. The van der Waals surface area contributed by atoms with Gasteiger partial charge in [-0.1, -0.05) is 23.4 Å². The number of nitrogens with two attached hydrogens (primary N) is 1. The monoisotopic (exact) mass is 288 g/mol. The maximum absolute atomic E-state index is 14.0. The van der Waals surface area contributed by atoms with Gasteiger partial charge in [0.1, 0.15) is 11.5 Å². The van der Waals surface area contributed by atoms with E-state index in [0.717, 1.165) is 4.88 Å². The quantitative estimate of drug-likeness (QED) is 0.760. The molecule has 3 nitrogen and oxygen atoms in total. The molecule has 0 aliphatic carbocycles. The van der Waals surface area contributed by atoms with Crippen molar-refractivity contribution in [3.8, 4) is 21.7 Å². The minimum Gasteiger partial charge on any atom is -0.367 e. The molecule has 0 aliphatic rings. The van der Waals surface area contributed by atoms with E-state index in [1.54, 1.807) is 29.5 Å². The Kier molecular flexibility index (Phi) is 3.06. The number of aryl methyl sites for hydroxylation is 2. The standard InChI is InChI=1S/C15H13FN2OS/c1-8-7-12(20-9(8)2)14-13(15(17)19-18-14)10-5-3-4-6-11(10)16/h3-7H,17H2,1-2H3. The van der Waals surface area contributed by atoms with Crippen LogP contribution in [0, 0.1) is 19.7 Å². The average molecular weight is 288 g/mol. The highest BCUT2D eigenvalue weighted by Crippen LogP contribution is 2.40. The third-order valence-corrected chi connectivity index (χ3v) is 4.42. The van der Waals surface area contributed by atoms with Crippen molar-refractivity contribution in [2.75, 3.05) is 5.73 Å². The summed E-state index contributed by atoms with van der Waals surface area (Å²) in [5.41, 5.74) is 8.52. The third kappa shape index (κ3) is 2.00. The Morgan fingerprint density at radius 3 is 2.65 bits per heavy atom. The molecule has 3 rings (SSSR count). The number of halogens is 1. The maximum atomic E-state index is 14.0. The molecule has 102 valence electrons. The van der Waals surface area contributed by atoms with Crippen molar-refractivity contribution < 1.29 is 8.91 Å². The van der Waals surface area contributed by atoms with E-state index in [4.69, 9.17) is 10.3 Å². The number of hydrogen-bond donors (Lipinski definition) is 1. The van der Waals surface area contributed by atoms with Crippen LogP contribution in [-0.2, 0) is 0 Å². The van der Waals surface area contributed by atoms with E-state index in [9.17, 15) is 4.39 Å². The molecule has 3 aromatic rings. The summed E-state index contributed by atoms with van der Waals surface area (Å²) in [6.07, 6.45) is 0. The van der Waals surface area contributed by atoms with Crippen LogP contribution < -0.4 is 5.73 Å². The lowest BCUT2D eigenvalue weighted by molar-refractivity contribution is 0.439. The van der Waals surface area contributed by atoms with Crippen molar-refractivity contribution in [3.05, 3.63) is 46.6 Å². The van der Waals surface area contributed by atoms with E-state index in [2.05, 4.69) is 5.16 Å². The second kappa shape index (κ2) is 4.76. The van der Waals surface area contributed by atoms with E-state index >= 15 is 0 Å². The minimum atomic E-state index is -0.339. The van der Waals surface area contributed by atoms with Crippen LogP contribution in [0.2, 0.25) is 0 Å². The lowest BCUT2D eigenvalue weighted by Gasteiger charge is -2.02. The van der Waals surface area contributed by atoms with Crippen LogP contribution in [-0.4, -0.2) is 5.16 Å². The molecule has 0 amide bonds. The molecule has 1 aromatic carbocycles. The van der Waals surface area contributed by atoms with Gasteiger partial charge in [0.05, 0.1) is 10.4 Å². The molecule has 0 radical (unpaired) electrons. The van der Waals surface area contributed by atoms with Crippen LogP contribution in [0.4, 0.5) is 10.3 Å². The number of hydrogen-bond acceptors (Lipinski definition) is 4. The average Bonchev–Trinajstić information content (AvgIpc) is 2.94. The highest BCUT2D eigenvalue weighted by atomic mass is 32.1. The van der Waals surface area contributed by atoms with Gasteiger partial charge in [-0.25, -0.2) is 4.39 Å². The molecular formula is C15H13FN2OS. The predicted molar refractivity (Wildman–Crippen MR) is 79.1 cm³/mol. The molecular weight excluding hydrogens is 275 g/mol. The summed E-state index contributed by atoms with van der Waals surface area (Å²) in [6.45, 7) is 4.07. The second-order valence-electron chi connectivity index (χ2n) is 4.60. The number of aromatic nitrogens is 1. The van der Waals surface area contributed by atoms with E-state index in [0.29, 0.717) is 16.8 Å². The molecule has 0 aliphatic heterocycles. The van der Waals surface area contributed by atoms with Crippen LogP contribution in [0.3, 0.4) is 0 Å². The molecule has 0 saturated carbocycles. The van der Waals surface area contributed by atoms with Gasteiger partial charge in [-0.05, 0) is 31.5 Å². The van der Waals surface area contributed by atoms with Gasteiger partial charge < -0.3 is 10.3 Å². The summed E-state index contributed by atoms with van der Waals surface area (Å²) in [6, 6.07) is 8.49. The molecule has 0 fully saturated rings. The van der Waals surface area contributed by atoms with Crippen LogP contribution >= 0.6 is 11.3 Å². The first-order valence-electron chi connectivity index (χ1n) is 6.15. The largest absolute Gasteiger partial charge is 0.367 e. The van der Waals surface area contributed by atoms with Gasteiger partial charge in [0, 0.05) is 10.4 Å². The normalized spacial score (nSPS) is 10.9. The molecule has 2 heterocycles. The topological polar surface area (TPSA) is 52.0 Å². The lowest BCUT2D eigenvalue weighted by atomic mass is 10.0. The fraction of sp³-hybridized carbons (Fsp3) is 0.133. The number of thiophene rings is 1. The van der Waals surface area contributed by atoms with Crippen LogP contribution in [0.1, 0.15) is 10.4 Å². The summed E-state index contributed by atoms with van der Waals surface area (Å²) in [5.74, 6) is -0.206. The summed E-state index contributed by atoms with van der Waals surface area (Å²) in [4.78, 5) is 2.12. The van der Waals surface area contributed by atoms with Gasteiger partial charge in [-0.2, -0.15) is 0 Å². The zero-order valence-electron chi connectivity index (χ0n) is 11.1. The number of benzene rings is 1. The summed E-state index contributed by atoms with van der Waals surface area (Å²) in [5, 5.41) is 4.00. The first-order chi connectivity index (χ1) is 9.58. The number of nitrogens with zero attached hydrogens (tertiary/aromatic N) is 1. The van der Waals surface area contributed by atoms with Gasteiger partial charge in [0.2, 0.25) is 5.88 Å². The molecule has 2 N–H and O–H groups in total. The Hall–Kier alpha value is -2.14. The second-order valence-corrected chi connectivity index (χ2v) is 5.86. The molecule has 0 atom stereocenters. The number of anilines is 1. The van der Waals surface area contributed by atoms with Crippen molar-refractivity contribution in [3.63, 3.8) is 0 Å². The first kappa shape index (κ1) is 12.9. The number of nitrogen functional groups attached to an aromatic ring is 1. The smallest absolute Gasteiger partial charge is 0.230 e. The fourth-order valence-corrected chi connectivity index (χ4v) is 3.11. The Labute approximate surface area is 119 Å².